The summed E-state index contributed by atoms with van der Waals surface area (Å²) in [6, 6.07) is -0.0803. The van der Waals surface area contributed by atoms with Crippen molar-refractivity contribution >= 4 is 40.4 Å². The van der Waals surface area contributed by atoms with Gasteiger partial charge in [-0.15, -0.1) is 0 Å². The summed E-state index contributed by atoms with van der Waals surface area (Å²) in [4.78, 5) is 10.7. The molecule has 2 bridgehead atoms. The zero-order chi connectivity index (χ0) is 6.48. The number of halogens is 1. The van der Waals surface area contributed by atoms with Gasteiger partial charge in [0, 0.05) is 0 Å². The summed E-state index contributed by atoms with van der Waals surface area (Å²) in [7, 11) is 7.53. The van der Waals surface area contributed by atoms with Crippen molar-refractivity contribution in [3.63, 3.8) is 0 Å². The molecule has 2 aliphatic heterocycles. The van der Waals surface area contributed by atoms with Crippen molar-refractivity contribution in [1.29, 1.82) is 0 Å². The number of carbonyl (C=O) groups excluding carboxylic acids is 1. The molecule has 6 heteroatoms. The molecule has 2 saturated heterocycles. The average molecular weight is 272 g/mol. The fourth-order valence-electron chi connectivity index (χ4n) is 0.868. The molecule has 0 aliphatic carbocycles. The number of rotatable bonds is 0. The molecule has 0 amide bonds. The van der Waals surface area contributed by atoms with Crippen molar-refractivity contribution in [3.05, 3.63) is 0 Å². The van der Waals surface area contributed by atoms with Crippen LogP contribution in [0.15, 0.2) is 0 Å². The summed E-state index contributed by atoms with van der Waals surface area (Å²) >= 11 is -2.94. The Morgan fingerprint density at radius 1 is 2.00 bits per heavy atom. The summed E-state index contributed by atoms with van der Waals surface area (Å²) in [5, 5.41) is 0. The molecule has 2 rings (SSSR count). The zero-order valence-electron chi connectivity index (χ0n) is 4.39. The maximum atomic E-state index is 10.7. The van der Waals surface area contributed by atoms with Crippen LogP contribution in [-0.2, 0) is 7.87 Å². The molecular weight excluding hydrogens is 268 g/mol. The van der Waals surface area contributed by atoms with E-state index in [2.05, 4.69) is 3.54 Å². The van der Waals surface area contributed by atoms with Gasteiger partial charge in [0.1, 0.15) is 0 Å². The molecule has 2 aliphatic rings. The van der Waals surface area contributed by atoms with Gasteiger partial charge < -0.3 is 0 Å². The van der Waals surface area contributed by atoms with E-state index in [1.54, 1.807) is 8.95 Å². The molecule has 2 unspecified atom stereocenters. The van der Waals surface area contributed by atoms with E-state index in [9.17, 15) is 4.79 Å². The van der Waals surface area contributed by atoms with Gasteiger partial charge >= 0.3 is 63.6 Å². The third kappa shape index (κ3) is 0.961. The van der Waals surface area contributed by atoms with Gasteiger partial charge in [-0.1, -0.05) is 0 Å². The Bertz CT molecular complexity index is 179. The van der Waals surface area contributed by atoms with Crippen molar-refractivity contribution < 1.29 is 7.87 Å². The van der Waals surface area contributed by atoms with Gasteiger partial charge in [0.2, 0.25) is 0 Å². The Kier molecular flexibility index (Phi) is 1.41. The normalized spacial score (nSPS) is 47.7. The number of fused-ring (bicyclic) bond motifs is 2. The predicted molar refractivity (Wildman–Crippen MR) is 37.1 cm³/mol. The first-order chi connectivity index (χ1) is 4.20. The van der Waals surface area contributed by atoms with Crippen LogP contribution in [0.5, 0.6) is 0 Å². The summed E-state index contributed by atoms with van der Waals surface area (Å²) < 4.78 is 7.96. The summed E-state index contributed by atoms with van der Waals surface area (Å²) in [5.74, 6) is 0.679. The molecule has 0 saturated carbocycles. The fourth-order valence-corrected chi connectivity index (χ4v) is 13.8. The van der Waals surface area contributed by atoms with Crippen LogP contribution >= 0.6 is 17.9 Å². The third-order valence-corrected chi connectivity index (χ3v) is 14.9. The van der Waals surface area contributed by atoms with Crippen LogP contribution in [0.2, 0.25) is 0 Å². The molecule has 2 atom stereocenters. The van der Waals surface area contributed by atoms with E-state index in [0.29, 0.717) is 0 Å². The monoisotopic (exact) mass is 273 g/mol. The van der Waals surface area contributed by atoms with Gasteiger partial charge in [-0.2, -0.15) is 0 Å². The Labute approximate surface area is 63.4 Å². The van der Waals surface area contributed by atoms with Crippen molar-refractivity contribution in [2.24, 2.45) is 0 Å². The molecule has 0 aromatic heterocycles. The van der Waals surface area contributed by atoms with Gasteiger partial charge in [0.05, 0.1) is 0 Å². The van der Waals surface area contributed by atoms with Crippen LogP contribution < -0.4 is 3.54 Å². The first kappa shape index (κ1) is 6.57. The average Bonchev–Trinajstić information content (AvgIpc) is 2.20. The van der Waals surface area contributed by atoms with Crippen molar-refractivity contribution in [2.75, 3.05) is 5.75 Å². The van der Waals surface area contributed by atoms with E-state index in [-0.39, 0.29) is 12.0 Å². The fraction of sp³-hybridized carbons (Fsp3) is 0.667. The Morgan fingerprint density at radius 3 is 3.00 bits per heavy atom. The van der Waals surface area contributed by atoms with E-state index in [4.69, 9.17) is 12.0 Å². The minimum absolute atomic E-state index is 0.0803. The first-order valence-corrected chi connectivity index (χ1v) is 13.2. The molecule has 0 aromatic rings. The molecule has 50 valence electrons. The first-order valence-electron chi connectivity index (χ1n) is 2.53. The quantitative estimate of drug-likeness (QED) is 0.626. The maximum absolute atomic E-state index is 10.7. The Balaban J connectivity index is 2.28. The van der Waals surface area contributed by atoms with Crippen molar-refractivity contribution in [3.8, 4) is 0 Å². The topological polar surface area (TPSA) is 38.3 Å². The molecule has 1 N–H and O–H groups in total. The number of hydrogen-bond donors (Lipinski definition) is 1. The summed E-state index contributed by atoms with van der Waals surface area (Å²) in [5.41, 5.74) is 0. The SMILES string of the molecule is O=C1[O][Sn]2([Cl])[NH]C1C[S]2. The van der Waals surface area contributed by atoms with Gasteiger partial charge in [0.15, 0.2) is 0 Å². The van der Waals surface area contributed by atoms with E-state index in [1.807, 2.05) is 0 Å². The number of carbonyl (C=O) groups is 1. The van der Waals surface area contributed by atoms with Crippen molar-refractivity contribution in [2.45, 2.75) is 6.04 Å². The third-order valence-electron chi connectivity index (χ3n) is 1.30. The Hall–Kier alpha value is 0.869. The zero-order valence-corrected chi connectivity index (χ0v) is 8.81. The second-order valence-corrected chi connectivity index (χ2v) is 18.5. The molecular formula is C3H4ClNO2SSn. The minimum atomic E-state index is -2.94. The molecule has 2 fully saturated rings. The summed E-state index contributed by atoms with van der Waals surface area (Å²) in [6.45, 7) is 0. The van der Waals surface area contributed by atoms with E-state index in [1.165, 1.54) is 0 Å². The van der Waals surface area contributed by atoms with Crippen LogP contribution in [0.25, 0.3) is 0 Å². The van der Waals surface area contributed by atoms with Crippen LogP contribution in [0.3, 0.4) is 0 Å². The van der Waals surface area contributed by atoms with Crippen LogP contribution in [0.4, 0.5) is 0 Å². The van der Waals surface area contributed by atoms with Crippen LogP contribution in [0, 0.1) is 0 Å². The number of nitrogens with one attached hydrogen (secondary N) is 1. The van der Waals surface area contributed by atoms with Gasteiger partial charge in [-0.25, -0.2) is 0 Å². The van der Waals surface area contributed by atoms with E-state index in [0.717, 1.165) is 5.75 Å². The Morgan fingerprint density at radius 2 is 2.78 bits per heavy atom. The predicted octanol–water partition coefficient (Wildman–Crippen LogP) is -0.0774. The van der Waals surface area contributed by atoms with E-state index < -0.39 is 16.6 Å². The van der Waals surface area contributed by atoms with Gasteiger partial charge in [0.25, 0.3) is 0 Å². The van der Waals surface area contributed by atoms with Gasteiger partial charge in [-0.3, -0.25) is 0 Å². The number of hydrogen-bond acceptors (Lipinski definition) is 4. The molecule has 0 aromatic carbocycles. The van der Waals surface area contributed by atoms with Crippen LogP contribution in [-0.4, -0.2) is 34.3 Å². The summed E-state index contributed by atoms with van der Waals surface area (Å²) in [6.07, 6.45) is 0. The molecule has 0 radical (unpaired) electrons. The second-order valence-electron chi connectivity index (χ2n) is 1.97. The molecule has 9 heavy (non-hydrogen) atoms. The molecule has 0 spiro atoms. The van der Waals surface area contributed by atoms with Gasteiger partial charge in [-0.05, 0) is 0 Å². The van der Waals surface area contributed by atoms with Crippen molar-refractivity contribution in [1.82, 2.24) is 3.54 Å². The molecule has 2 heterocycles. The molecule has 3 nitrogen and oxygen atoms in total. The van der Waals surface area contributed by atoms with Crippen LogP contribution in [0.1, 0.15) is 0 Å². The standard InChI is InChI=1S/C3H6NO2S.ClH.Sn/c4-2(1-7)3(5)6;;/h2,4,7H,1H2,(H,5,6);1H;/q-1;;+4/p-3. The van der Waals surface area contributed by atoms with E-state index >= 15 is 0 Å². The second kappa shape index (κ2) is 1.93.